The van der Waals surface area contributed by atoms with Crippen molar-refractivity contribution in [3.8, 4) is 0 Å². The van der Waals surface area contributed by atoms with Crippen LogP contribution in [0.15, 0.2) is 58.1 Å². The van der Waals surface area contributed by atoms with E-state index in [1.165, 1.54) is 33.4 Å². The number of aromatic nitrogens is 2. The third kappa shape index (κ3) is 4.41. The van der Waals surface area contributed by atoms with E-state index >= 15 is 0 Å². The van der Waals surface area contributed by atoms with E-state index in [-0.39, 0.29) is 36.2 Å². The Morgan fingerprint density at radius 3 is 2.28 bits per heavy atom. The number of nitrogens with zero attached hydrogens (tertiary/aromatic N) is 3. The molecule has 0 unspecified atom stereocenters. The molecular formula is C24H25F2N3O3. The molecule has 168 valence electrons. The predicted octanol–water partition coefficient (Wildman–Crippen LogP) is 2.87. The highest BCUT2D eigenvalue weighted by atomic mass is 19.1. The number of aryl methyl sites for hydroxylation is 1. The van der Waals surface area contributed by atoms with Crippen LogP contribution < -0.4 is 11.2 Å². The van der Waals surface area contributed by atoms with E-state index in [0.717, 1.165) is 0 Å². The molecule has 1 aliphatic rings. The molecule has 1 aliphatic heterocycles. The van der Waals surface area contributed by atoms with Gasteiger partial charge in [-0.1, -0.05) is 12.1 Å². The van der Waals surface area contributed by atoms with E-state index in [4.69, 9.17) is 0 Å². The SMILES string of the molecule is O=C(c1ccc(F)cc1)C1CCN(CCn2c(=O)c3ccccc3n(CCF)c2=O)CC1. The van der Waals surface area contributed by atoms with Gasteiger partial charge in [0.2, 0.25) is 0 Å². The normalized spacial score (nSPS) is 15.3. The van der Waals surface area contributed by atoms with Crippen LogP contribution >= 0.6 is 0 Å². The number of hydrogen-bond acceptors (Lipinski definition) is 4. The summed E-state index contributed by atoms with van der Waals surface area (Å²) in [5, 5.41) is 0.393. The molecule has 0 atom stereocenters. The number of benzene rings is 2. The zero-order chi connectivity index (χ0) is 22.7. The van der Waals surface area contributed by atoms with Crippen molar-refractivity contribution < 1.29 is 13.6 Å². The summed E-state index contributed by atoms with van der Waals surface area (Å²) in [5.41, 5.74) is 0.0762. The molecule has 6 nitrogen and oxygen atoms in total. The van der Waals surface area contributed by atoms with Gasteiger partial charge in [-0.25, -0.2) is 13.6 Å². The van der Waals surface area contributed by atoms with Gasteiger partial charge in [0.05, 0.1) is 17.4 Å². The van der Waals surface area contributed by atoms with Gasteiger partial charge in [-0.15, -0.1) is 0 Å². The molecule has 0 bridgehead atoms. The summed E-state index contributed by atoms with van der Waals surface area (Å²) < 4.78 is 28.6. The molecule has 1 saturated heterocycles. The molecule has 2 aromatic carbocycles. The van der Waals surface area contributed by atoms with Gasteiger partial charge in [-0.05, 0) is 62.3 Å². The van der Waals surface area contributed by atoms with Gasteiger partial charge < -0.3 is 4.90 Å². The van der Waals surface area contributed by atoms with E-state index in [1.807, 2.05) is 0 Å². The molecule has 1 fully saturated rings. The number of fused-ring (bicyclic) bond motifs is 1. The maximum atomic E-state index is 13.1. The Balaban J connectivity index is 1.44. The lowest BCUT2D eigenvalue weighted by Crippen LogP contribution is -2.44. The number of para-hydroxylation sites is 1. The van der Waals surface area contributed by atoms with E-state index in [1.54, 1.807) is 24.3 Å². The highest BCUT2D eigenvalue weighted by Gasteiger charge is 2.26. The zero-order valence-electron chi connectivity index (χ0n) is 17.7. The van der Waals surface area contributed by atoms with Crippen molar-refractivity contribution in [3.05, 3.63) is 80.7 Å². The van der Waals surface area contributed by atoms with Crippen molar-refractivity contribution in [2.75, 3.05) is 26.3 Å². The first-order chi connectivity index (χ1) is 15.5. The van der Waals surface area contributed by atoms with Crippen molar-refractivity contribution in [3.63, 3.8) is 0 Å². The van der Waals surface area contributed by atoms with E-state index in [2.05, 4.69) is 4.90 Å². The van der Waals surface area contributed by atoms with Crippen molar-refractivity contribution >= 4 is 16.7 Å². The second-order valence-corrected chi connectivity index (χ2v) is 8.08. The molecule has 1 aromatic heterocycles. The minimum absolute atomic E-state index is 0.0181. The van der Waals surface area contributed by atoms with E-state index in [0.29, 0.717) is 48.9 Å². The number of carbonyl (C=O) groups is 1. The second-order valence-electron chi connectivity index (χ2n) is 8.08. The molecule has 0 saturated carbocycles. The molecular weight excluding hydrogens is 416 g/mol. The second kappa shape index (κ2) is 9.56. The van der Waals surface area contributed by atoms with Gasteiger partial charge in [-0.2, -0.15) is 0 Å². The van der Waals surface area contributed by atoms with Crippen LogP contribution in [0.5, 0.6) is 0 Å². The van der Waals surface area contributed by atoms with Crippen molar-refractivity contribution in [2.24, 2.45) is 5.92 Å². The number of likely N-dealkylation sites (tertiary alicyclic amines) is 1. The first-order valence-electron chi connectivity index (χ1n) is 10.8. The molecule has 0 radical (unpaired) electrons. The topological polar surface area (TPSA) is 64.3 Å². The fourth-order valence-corrected chi connectivity index (χ4v) is 4.38. The largest absolute Gasteiger partial charge is 0.331 e. The monoisotopic (exact) mass is 441 g/mol. The Kier molecular flexibility index (Phi) is 6.60. The lowest BCUT2D eigenvalue weighted by atomic mass is 9.89. The maximum absolute atomic E-state index is 13.1. The molecule has 0 amide bonds. The zero-order valence-corrected chi connectivity index (χ0v) is 17.7. The number of piperidine rings is 1. The molecule has 8 heteroatoms. The van der Waals surface area contributed by atoms with E-state index < -0.39 is 12.4 Å². The number of rotatable bonds is 7. The summed E-state index contributed by atoms with van der Waals surface area (Å²) >= 11 is 0. The minimum Gasteiger partial charge on any atom is -0.302 e. The number of alkyl halides is 1. The Morgan fingerprint density at radius 2 is 1.59 bits per heavy atom. The number of halogens is 2. The minimum atomic E-state index is -0.697. The maximum Gasteiger partial charge on any atom is 0.331 e. The summed E-state index contributed by atoms with van der Waals surface area (Å²) in [4.78, 5) is 40.5. The van der Waals surface area contributed by atoms with Crippen LogP contribution in [0, 0.1) is 11.7 Å². The van der Waals surface area contributed by atoms with Crippen LogP contribution in [-0.4, -0.2) is 46.1 Å². The number of hydrogen-bond donors (Lipinski definition) is 0. The van der Waals surface area contributed by atoms with Crippen LogP contribution in [0.4, 0.5) is 8.78 Å². The smallest absolute Gasteiger partial charge is 0.302 e. The molecule has 32 heavy (non-hydrogen) atoms. The standard InChI is InChI=1S/C24H25F2N3O3/c25-11-14-28-21-4-2-1-3-20(21)23(31)29(24(28)32)16-15-27-12-9-18(10-13-27)22(30)17-5-7-19(26)8-6-17/h1-8,18H,9-16H2. The summed E-state index contributed by atoms with van der Waals surface area (Å²) in [6.07, 6.45) is 1.32. The van der Waals surface area contributed by atoms with Gasteiger partial charge >= 0.3 is 5.69 Å². The summed E-state index contributed by atoms with van der Waals surface area (Å²) in [5.74, 6) is -0.475. The van der Waals surface area contributed by atoms with Crippen LogP contribution in [0.1, 0.15) is 23.2 Å². The molecule has 4 rings (SSSR count). The van der Waals surface area contributed by atoms with Gasteiger partial charge in [-0.3, -0.25) is 18.7 Å². The van der Waals surface area contributed by atoms with Crippen molar-refractivity contribution in [2.45, 2.75) is 25.9 Å². The number of ketones is 1. The Bertz CT molecular complexity index is 1230. The lowest BCUT2D eigenvalue weighted by Gasteiger charge is -2.31. The molecule has 3 aromatic rings. The van der Waals surface area contributed by atoms with E-state index in [9.17, 15) is 23.2 Å². The average Bonchev–Trinajstić information content (AvgIpc) is 2.82. The van der Waals surface area contributed by atoms with Crippen molar-refractivity contribution in [1.82, 2.24) is 14.0 Å². The lowest BCUT2D eigenvalue weighted by molar-refractivity contribution is 0.0837. The van der Waals surface area contributed by atoms with Gasteiger partial charge in [0, 0.05) is 24.6 Å². The van der Waals surface area contributed by atoms with Crippen LogP contribution in [-0.2, 0) is 13.1 Å². The summed E-state index contributed by atoms with van der Waals surface area (Å²) in [6, 6.07) is 12.4. The first kappa shape index (κ1) is 22.1. The number of carbonyl (C=O) groups excluding carboxylic acids is 1. The predicted molar refractivity (Wildman–Crippen MR) is 118 cm³/mol. The van der Waals surface area contributed by atoms with Crippen LogP contribution in [0.2, 0.25) is 0 Å². The van der Waals surface area contributed by atoms with Crippen molar-refractivity contribution in [1.29, 1.82) is 0 Å². The molecule has 0 N–H and O–H groups in total. The first-order valence-corrected chi connectivity index (χ1v) is 10.8. The quantitative estimate of drug-likeness (QED) is 0.529. The molecule has 0 spiro atoms. The molecule has 0 aliphatic carbocycles. The summed E-state index contributed by atoms with van der Waals surface area (Å²) in [7, 11) is 0. The highest BCUT2D eigenvalue weighted by Crippen LogP contribution is 2.22. The Hall–Kier alpha value is -3.13. The highest BCUT2D eigenvalue weighted by molar-refractivity contribution is 5.97. The van der Waals surface area contributed by atoms with Gasteiger partial charge in [0.15, 0.2) is 5.78 Å². The average molecular weight is 441 g/mol. The third-order valence-electron chi connectivity index (χ3n) is 6.17. The Morgan fingerprint density at radius 1 is 0.906 bits per heavy atom. The van der Waals surface area contributed by atoms with Gasteiger partial charge in [0.25, 0.3) is 5.56 Å². The third-order valence-corrected chi connectivity index (χ3v) is 6.17. The van der Waals surface area contributed by atoms with Crippen LogP contribution in [0.25, 0.3) is 10.9 Å². The fraction of sp³-hybridized carbons (Fsp3) is 0.375. The summed E-state index contributed by atoms with van der Waals surface area (Å²) in [6.45, 7) is 1.22. The Labute approximate surface area is 183 Å². The van der Waals surface area contributed by atoms with Gasteiger partial charge in [0.1, 0.15) is 12.5 Å². The fourth-order valence-electron chi connectivity index (χ4n) is 4.38. The molecule has 2 heterocycles. The van der Waals surface area contributed by atoms with Crippen LogP contribution in [0.3, 0.4) is 0 Å². The number of Topliss-reactive ketones (excluding diaryl/α,β-unsaturated/α-hetero) is 1.